The lowest BCUT2D eigenvalue weighted by atomic mass is 10.1. The molecule has 1 aromatic carbocycles. The van der Waals surface area contributed by atoms with Crippen molar-refractivity contribution < 1.29 is 9.47 Å². The van der Waals surface area contributed by atoms with Crippen LogP contribution in [-0.2, 0) is 4.74 Å². The summed E-state index contributed by atoms with van der Waals surface area (Å²) in [7, 11) is 5.69. The maximum absolute atomic E-state index is 5.48. The van der Waals surface area contributed by atoms with Gasteiger partial charge in [0, 0.05) is 71.6 Å². The van der Waals surface area contributed by atoms with Crippen molar-refractivity contribution >= 4 is 11.6 Å². The molecule has 7 nitrogen and oxygen atoms in total. The summed E-state index contributed by atoms with van der Waals surface area (Å²) in [6.07, 6.45) is 2.28. The fourth-order valence-electron chi connectivity index (χ4n) is 4.11. The first-order chi connectivity index (χ1) is 14.2. The zero-order valence-electron chi connectivity index (χ0n) is 18.3. The van der Waals surface area contributed by atoms with Crippen LogP contribution in [0.4, 0.5) is 5.69 Å². The second-order valence-electron chi connectivity index (χ2n) is 7.96. The largest absolute Gasteiger partial charge is 0.497 e. The fraction of sp³-hybridized carbons (Fsp3) is 0.682. The molecule has 2 heterocycles. The molecule has 7 heteroatoms. The Hall–Kier alpha value is -1.99. The van der Waals surface area contributed by atoms with E-state index in [0.717, 1.165) is 83.6 Å². The van der Waals surface area contributed by atoms with Gasteiger partial charge in [-0.05, 0) is 43.7 Å². The summed E-state index contributed by atoms with van der Waals surface area (Å²) in [5.74, 6) is 2.53. The standard InChI is InChI=1S/C22H37N5O2/c1-23-22(25(2)17-19-9-16-29-18-19)24-10-4-11-26-12-14-27(15-13-26)20-5-7-21(28-3)8-6-20/h5-8,19H,4,9-18H2,1-3H3,(H,23,24). The molecule has 0 aromatic heterocycles. The van der Waals surface area contributed by atoms with E-state index >= 15 is 0 Å². The van der Waals surface area contributed by atoms with Gasteiger partial charge in [0.1, 0.15) is 5.75 Å². The molecule has 2 aliphatic rings. The van der Waals surface area contributed by atoms with Crippen LogP contribution in [-0.4, -0.2) is 96.0 Å². The monoisotopic (exact) mass is 403 g/mol. The Kier molecular flexibility index (Phi) is 8.43. The zero-order chi connectivity index (χ0) is 20.5. The van der Waals surface area contributed by atoms with Gasteiger partial charge in [0.2, 0.25) is 0 Å². The van der Waals surface area contributed by atoms with Gasteiger partial charge in [0.05, 0.1) is 13.7 Å². The van der Waals surface area contributed by atoms with Gasteiger partial charge in [-0.25, -0.2) is 0 Å². The average Bonchev–Trinajstić information content (AvgIpc) is 3.27. The lowest BCUT2D eigenvalue weighted by molar-refractivity contribution is 0.181. The zero-order valence-corrected chi connectivity index (χ0v) is 18.3. The number of piperazine rings is 1. The highest BCUT2D eigenvalue weighted by Gasteiger charge is 2.19. The van der Waals surface area contributed by atoms with Crippen molar-refractivity contribution in [2.75, 3.05) is 85.1 Å². The Morgan fingerprint density at radius 2 is 2.00 bits per heavy atom. The minimum absolute atomic E-state index is 0.626. The number of hydrogen-bond donors (Lipinski definition) is 1. The van der Waals surface area contributed by atoms with Gasteiger partial charge < -0.3 is 24.6 Å². The molecule has 0 bridgehead atoms. The highest BCUT2D eigenvalue weighted by molar-refractivity contribution is 5.79. The van der Waals surface area contributed by atoms with Gasteiger partial charge >= 0.3 is 0 Å². The Balaban J connectivity index is 1.31. The number of aliphatic imine (C=N–C) groups is 1. The van der Waals surface area contributed by atoms with E-state index in [1.807, 2.05) is 19.2 Å². The molecule has 2 saturated heterocycles. The van der Waals surface area contributed by atoms with Crippen molar-refractivity contribution in [2.24, 2.45) is 10.9 Å². The van der Waals surface area contributed by atoms with Crippen LogP contribution >= 0.6 is 0 Å². The first-order valence-corrected chi connectivity index (χ1v) is 10.8. The summed E-state index contributed by atoms with van der Waals surface area (Å²) < 4.78 is 10.7. The number of rotatable bonds is 8. The number of nitrogens with zero attached hydrogens (tertiary/aromatic N) is 4. The number of guanidine groups is 1. The van der Waals surface area contributed by atoms with Crippen LogP contribution < -0.4 is 15.0 Å². The van der Waals surface area contributed by atoms with Crippen LogP contribution in [0.1, 0.15) is 12.8 Å². The van der Waals surface area contributed by atoms with Crippen LogP contribution in [0.5, 0.6) is 5.75 Å². The molecule has 0 saturated carbocycles. The number of anilines is 1. The second kappa shape index (κ2) is 11.3. The molecule has 0 radical (unpaired) electrons. The van der Waals surface area contributed by atoms with Crippen molar-refractivity contribution in [1.82, 2.24) is 15.1 Å². The molecule has 3 rings (SSSR count). The molecule has 2 fully saturated rings. The number of ether oxygens (including phenoxy) is 2. The van der Waals surface area contributed by atoms with Gasteiger partial charge in [0.25, 0.3) is 0 Å². The number of methoxy groups -OCH3 is 1. The molecule has 1 atom stereocenters. The summed E-state index contributed by atoms with van der Waals surface area (Å²) in [5.41, 5.74) is 1.28. The first-order valence-electron chi connectivity index (χ1n) is 10.8. The molecule has 2 aliphatic heterocycles. The minimum atomic E-state index is 0.626. The Bertz CT molecular complexity index is 623. The van der Waals surface area contributed by atoms with Crippen molar-refractivity contribution in [1.29, 1.82) is 0 Å². The van der Waals surface area contributed by atoms with Gasteiger partial charge in [-0.15, -0.1) is 0 Å². The number of benzene rings is 1. The second-order valence-corrected chi connectivity index (χ2v) is 7.96. The van der Waals surface area contributed by atoms with Crippen molar-refractivity contribution in [3.05, 3.63) is 24.3 Å². The maximum Gasteiger partial charge on any atom is 0.193 e. The van der Waals surface area contributed by atoms with Crippen LogP contribution in [0.15, 0.2) is 29.3 Å². The summed E-state index contributed by atoms with van der Waals surface area (Å²) in [4.78, 5) is 11.7. The topological polar surface area (TPSA) is 52.6 Å². The van der Waals surface area contributed by atoms with Crippen LogP contribution in [0.25, 0.3) is 0 Å². The molecule has 0 spiro atoms. The van der Waals surface area contributed by atoms with Gasteiger partial charge in [-0.1, -0.05) is 0 Å². The van der Waals surface area contributed by atoms with Gasteiger partial charge in [-0.2, -0.15) is 0 Å². The minimum Gasteiger partial charge on any atom is -0.497 e. The van der Waals surface area contributed by atoms with Crippen LogP contribution in [0.2, 0.25) is 0 Å². The molecular weight excluding hydrogens is 366 g/mol. The van der Waals surface area contributed by atoms with E-state index < -0.39 is 0 Å². The number of hydrogen-bond acceptors (Lipinski definition) is 5. The lowest BCUT2D eigenvalue weighted by Gasteiger charge is -2.36. The smallest absolute Gasteiger partial charge is 0.193 e. The van der Waals surface area contributed by atoms with E-state index in [1.54, 1.807) is 7.11 Å². The van der Waals surface area contributed by atoms with Gasteiger partial charge in [0.15, 0.2) is 5.96 Å². The molecule has 1 N–H and O–H groups in total. The average molecular weight is 404 g/mol. The highest BCUT2D eigenvalue weighted by atomic mass is 16.5. The Labute approximate surface area is 175 Å². The van der Waals surface area contributed by atoms with E-state index in [1.165, 1.54) is 5.69 Å². The third kappa shape index (κ3) is 6.51. The normalized spacial score (nSPS) is 20.7. The quantitative estimate of drug-likeness (QED) is 0.406. The molecule has 29 heavy (non-hydrogen) atoms. The molecule has 0 amide bonds. The van der Waals surface area contributed by atoms with Crippen molar-refractivity contribution in [2.45, 2.75) is 12.8 Å². The molecule has 1 aromatic rings. The fourth-order valence-corrected chi connectivity index (χ4v) is 4.11. The van der Waals surface area contributed by atoms with E-state index in [0.29, 0.717) is 5.92 Å². The molecule has 162 valence electrons. The number of nitrogens with one attached hydrogen (secondary N) is 1. The van der Waals surface area contributed by atoms with Gasteiger partial charge in [-0.3, -0.25) is 9.89 Å². The molecule has 1 unspecified atom stereocenters. The Morgan fingerprint density at radius 3 is 2.62 bits per heavy atom. The van der Waals surface area contributed by atoms with E-state index in [9.17, 15) is 0 Å². The van der Waals surface area contributed by atoms with Crippen LogP contribution in [0.3, 0.4) is 0 Å². The summed E-state index contributed by atoms with van der Waals surface area (Å²) >= 11 is 0. The summed E-state index contributed by atoms with van der Waals surface area (Å²) in [6, 6.07) is 8.38. The highest BCUT2D eigenvalue weighted by Crippen LogP contribution is 2.20. The van der Waals surface area contributed by atoms with E-state index in [4.69, 9.17) is 9.47 Å². The predicted molar refractivity (Wildman–Crippen MR) is 119 cm³/mol. The Morgan fingerprint density at radius 1 is 1.24 bits per heavy atom. The third-order valence-corrected chi connectivity index (χ3v) is 5.87. The molecular formula is C22H37N5O2. The van der Waals surface area contributed by atoms with Crippen molar-refractivity contribution in [3.8, 4) is 5.75 Å². The third-order valence-electron chi connectivity index (χ3n) is 5.87. The molecule has 0 aliphatic carbocycles. The predicted octanol–water partition coefficient (Wildman–Crippen LogP) is 1.75. The van der Waals surface area contributed by atoms with Crippen molar-refractivity contribution in [3.63, 3.8) is 0 Å². The van der Waals surface area contributed by atoms with Crippen LogP contribution in [0, 0.1) is 5.92 Å². The lowest BCUT2D eigenvalue weighted by Crippen LogP contribution is -2.47. The van der Waals surface area contributed by atoms with E-state index in [2.05, 4.69) is 44.2 Å². The van der Waals surface area contributed by atoms with E-state index in [-0.39, 0.29) is 0 Å². The first kappa shape index (κ1) is 21.7. The maximum atomic E-state index is 5.48. The summed E-state index contributed by atoms with van der Waals surface area (Å²) in [5, 5.41) is 3.51. The SMILES string of the molecule is CN=C(NCCCN1CCN(c2ccc(OC)cc2)CC1)N(C)CC1CCOC1. The summed E-state index contributed by atoms with van der Waals surface area (Å²) in [6.45, 7) is 9.25.